The Balaban J connectivity index is 1.59. The molecule has 2 aromatic carbocycles. The van der Waals surface area contributed by atoms with Crippen LogP contribution in [0.1, 0.15) is 32.6 Å². The van der Waals surface area contributed by atoms with Crippen LogP contribution in [0, 0.1) is 0 Å². The van der Waals surface area contributed by atoms with Gasteiger partial charge in [0, 0.05) is 34.0 Å². The average molecular weight is 365 g/mol. The number of nitrogens with zero attached hydrogens (tertiary/aromatic N) is 2. The zero-order valence-electron chi connectivity index (χ0n) is 16.7. The number of quaternary nitrogens is 1. The number of hydrogen-bond acceptors (Lipinski definition) is 1. The standard InChI is InChI=1S/C23H29N3O/c1-4-25-21-12-8-7-11-19(21)20-15-17(13-14-22(20)25)24-23(27)16-26(2,3)18-9-5-6-10-18/h7-8,11-15,18H,4-6,9-10,16H2,1-3H3/p+1. The number of carbonyl (C=O) groups is 1. The van der Waals surface area contributed by atoms with E-state index in [1.54, 1.807) is 0 Å². The molecular weight excluding hydrogens is 334 g/mol. The first-order valence-corrected chi connectivity index (χ1v) is 10.1. The van der Waals surface area contributed by atoms with Crippen LogP contribution >= 0.6 is 0 Å². The molecular formula is C23H30N3O+. The van der Waals surface area contributed by atoms with Crippen LogP contribution in [-0.2, 0) is 11.3 Å². The highest BCUT2D eigenvalue weighted by molar-refractivity contribution is 6.09. The van der Waals surface area contributed by atoms with E-state index in [4.69, 9.17) is 0 Å². The Hall–Kier alpha value is -2.33. The Bertz CT molecular complexity index is 980. The van der Waals surface area contributed by atoms with Crippen LogP contribution in [0.2, 0.25) is 0 Å². The number of carbonyl (C=O) groups excluding carboxylic acids is 1. The van der Waals surface area contributed by atoms with Gasteiger partial charge in [0.2, 0.25) is 0 Å². The lowest BCUT2D eigenvalue weighted by molar-refractivity contribution is -0.906. The van der Waals surface area contributed by atoms with Gasteiger partial charge in [-0.1, -0.05) is 18.2 Å². The molecule has 3 aromatic rings. The van der Waals surface area contributed by atoms with Gasteiger partial charge < -0.3 is 14.4 Å². The molecule has 1 amide bonds. The fourth-order valence-electron chi connectivity index (χ4n) is 4.78. The molecule has 0 aliphatic heterocycles. The molecule has 0 spiro atoms. The largest absolute Gasteiger partial charge is 0.341 e. The van der Waals surface area contributed by atoms with E-state index >= 15 is 0 Å². The number of anilines is 1. The summed E-state index contributed by atoms with van der Waals surface area (Å²) < 4.78 is 3.11. The van der Waals surface area contributed by atoms with Gasteiger partial charge in [-0.25, -0.2) is 0 Å². The van der Waals surface area contributed by atoms with Gasteiger partial charge in [-0.15, -0.1) is 0 Å². The molecule has 0 saturated heterocycles. The van der Waals surface area contributed by atoms with Gasteiger partial charge in [-0.3, -0.25) is 4.79 Å². The lowest BCUT2D eigenvalue weighted by atomic mass is 10.1. The van der Waals surface area contributed by atoms with Gasteiger partial charge in [-0.05, 0) is 56.9 Å². The summed E-state index contributed by atoms with van der Waals surface area (Å²) in [4.78, 5) is 12.7. The molecule has 1 fully saturated rings. The third-order valence-corrected chi connectivity index (χ3v) is 6.24. The van der Waals surface area contributed by atoms with Crippen molar-refractivity contribution in [3.63, 3.8) is 0 Å². The topological polar surface area (TPSA) is 34.0 Å². The lowest BCUT2D eigenvalue weighted by Gasteiger charge is -2.35. The van der Waals surface area contributed by atoms with Crippen molar-refractivity contribution < 1.29 is 9.28 Å². The highest BCUT2D eigenvalue weighted by Crippen LogP contribution is 2.31. The first-order chi connectivity index (χ1) is 13.0. The molecule has 0 unspecified atom stereocenters. The molecule has 1 aliphatic carbocycles. The molecule has 4 nitrogen and oxygen atoms in total. The maximum absolute atomic E-state index is 12.7. The number of aromatic nitrogens is 1. The quantitative estimate of drug-likeness (QED) is 0.650. The number of aryl methyl sites for hydroxylation is 1. The molecule has 0 bridgehead atoms. The van der Waals surface area contributed by atoms with E-state index in [-0.39, 0.29) is 5.91 Å². The predicted octanol–water partition coefficient (Wildman–Crippen LogP) is 4.77. The molecule has 0 atom stereocenters. The van der Waals surface area contributed by atoms with Crippen LogP contribution in [0.5, 0.6) is 0 Å². The summed E-state index contributed by atoms with van der Waals surface area (Å²) in [5.74, 6) is 0.102. The fourth-order valence-corrected chi connectivity index (χ4v) is 4.78. The Morgan fingerprint density at radius 2 is 1.78 bits per heavy atom. The van der Waals surface area contributed by atoms with Crippen molar-refractivity contribution in [2.24, 2.45) is 0 Å². The zero-order chi connectivity index (χ0) is 19.0. The van der Waals surface area contributed by atoms with E-state index in [0.29, 0.717) is 12.6 Å². The van der Waals surface area contributed by atoms with Crippen LogP contribution in [0.25, 0.3) is 21.8 Å². The van der Waals surface area contributed by atoms with Crippen molar-refractivity contribution in [3.8, 4) is 0 Å². The minimum Gasteiger partial charge on any atom is -0.341 e. The monoisotopic (exact) mass is 364 g/mol. The summed E-state index contributed by atoms with van der Waals surface area (Å²) >= 11 is 0. The fraction of sp³-hybridized carbons (Fsp3) is 0.435. The normalized spacial score (nSPS) is 15.7. The molecule has 1 aromatic heterocycles. The Morgan fingerprint density at radius 1 is 1.07 bits per heavy atom. The van der Waals surface area contributed by atoms with E-state index in [1.807, 2.05) is 6.07 Å². The van der Waals surface area contributed by atoms with Crippen LogP contribution in [0.4, 0.5) is 5.69 Å². The number of hydrogen-bond donors (Lipinski definition) is 1. The summed E-state index contributed by atoms with van der Waals surface area (Å²) in [6, 6.07) is 15.4. The summed E-state index contributed by atoms with van der Waals surface area (Å²) in [6.45, 7) is 3.63. The highest BCUT2D eigenvalue weighted by atomic mass is 16.2. The van der Waals surface area contributed by atoms with Gasteiger partial charge in [0.05, 0.1) is 20.1 Å². The molecule has 0 radical (unpaired) electrons. The number of benzene rings is 2. The van der Waals surface area contributed by atoms with Crippen molar-refractivity contribution in [2.45, 2.75) is 45.2 Å². The summed E-state index contributed by atoms with van der Waals surface area (Å²) in [5.41, 5.74) is 3.36. The van der Waals surface area contributed by atoms with E-state index in [1.165, 1.54) is 47.5 Å². The van der Waals surface area contributed by atoms with E-state index in [9.17, 15) is 4.79 Å². The lowest BCUT2D eigenvalue weighted by Crippen LogP contribution is -2.51. The van der Waals surface area contributed by atoms with Gasteiger partial charge >= 0.3 is 0 Å². The molecule has 1 heterocycles. The minimum absolute atomic E-state index is 0.102. The number of nitrogens with one attached hydrogen (secondary N) is 1. The molecule has 1 N–H and O–H groups in total. The summed E-state index contributed by atoms with van der Waals surface area (Å²) in [7, 11) is 4.38. The van der Waals surface area contributed by atoms with Gasteiger partial charge in [-0.2, -0.15) is 0 Å². The van der Waals surface area contributed by atoms with Gasteiger partial charge in [0.1, 0.15) is 0 Å². The molecule has 27 heavy (non-hydrogen) atoms. The highest BCUT2D eigenvalue weighted by Gasteiger charge is 2.33. The van der Waals surface area contributed by atoms with Crippen molar-refractivity contribution in [1.82, 2.24) is 4.57 Å². The van der Waals surface area contributed by atoms with Crippen molar-refractivity contribution >= 4 is 33.4 Å². The van der Waals surface area contributed by atoms with Gasteiger partial charge in [0.25, 0.3) is 5.91 Å². The second kappa shape index (κ2) is 7.01. The maximum atomic E-state index is 12.7. The minimum atomic E-state index is 0.102. The van der Waals surface area contributed by atoms with Gasteiger partial charge in [0.15, 0.2) is 6.54 Å². The Morgan fingerprint density at radius 3 is 2.52 bits per heavy atom. The van der Waals surface area contributed by atoms with E-state index < -0.39 is 0 Å². The first kappa shape index (κ1) is 18.1. The number of rotatable bonds is 5. The van der Waals surface area contributed by atoms with E-state index in [0.717, 1.165) is 16.7 Å². The van der Waals surface area contributed by atoms with Crippen LogP contribution in [-0.4, -0.2) is 41.6 Å². The second-order valence-corrected chi connectivity index (χ2v) is 8.42. The smallest absolute Gasteiger partial charge is 0.279 e. The predicted molar refractivity (Wildman–Crippen MR) is 113 cm³/mol. The zero-order valence-corrected chi connectivity index (χ0v) is 16.7. The number of amides is 1. The van der Waals surface area contributed by atoms with Crippen molar-refractivity contribution in [2.75, 3.05) is 26.0 Å². The van der Waals surface area contributed by atoms with Crippen molar-refractivity contribution in [3.05, 3.63) is 42.5 Å². The first-order valence-electron chi connectivity index (χ1n) is 10.1. The molecule has 1 aliphatic rings. The van der Waals surface area contributed by atoms with Crippen LogP contribution < -0.4 is 5.32 Å². The maximum Gasteiger partial charge on any atom is 0.279 e. The van der Waals surface area contributed by atoms with E-state index in [2.05, 4.69) is 67.3 Å². The molecule has 1 saturated carbocycles. The molecule has 142 valence electrons. The third kappa shape index (κ3) is 3.34. The summed E-state index contributed by atoms with van der Waals surface area (Å²) in [5, 5.41) is 5.59. The molecule has 4 rings (SSSR count). The van der Waals surface area contributed by atoms with Crippen molar-refractivity contribution in [1.29, 1.82) is 0 Å². The number of likely N-dealkylation sites (N-methyl/N-ethyl adjacent to an activating group) is 1. The Kier molecular flexibility index (Phi) is 4.68. The number of fused-ring (bicyclic) bond motifs is 3. The Labute approximate surface area is 161 Å². The SMILES string of the molecule is CCn1c2ccccc2c2cc(NC(=O)C[N+](C)(C)C3CCCC3)ccc21. The van der Waals surface area contributed by atoms with Crippen LogP contribution in [0.3, 0.4) is 0 Å². The summed E-state index contributed by atoms with van der Waals surface area (Å²) in [6.07, 6.45) is 5.07. The van der Waals surface area contributed by atoms with Crippen LogP contribution in [0.15, 0.2) is 42.5 Å². The second-order valence-electron chi connectivity index (χ2n) is 8.42. The number of para-hydroxylation sites is 1. The third-order valence-electron chi connectivity index (χ3n) is 6.24. The molecule has 4 heteroatoms. The average Bonchev–Trinajstić information content (AvgIpc) is 3.28.